The summed E-state index contributed by atoms with van der Waals surface area (Å²) in [6.07, 6.45) is 0. The summed E-state index contributed by atoms with van der Waals surface area (Å²) in [7, 11) is 0. The first kappa shape index (κ1) is 16.3. The van der Waals surface area contributed by atoms with Crippen LogP contribution in [0.1, 0.15) is 48.1 Å². The van der Waals surface area contributed by atoms with Gasteiger partial charge >= 0.3 is 0 Å². The summed E-state index contributed by atoms with van der Waals surface area (Å²) in [4.78, 5) is 12.1. The van der Waals surface area contributed by atoms with Crippen LogP contribution in [-0.2, 0) is 5.41 Å². The van der Waals surface area contributed by atoms with Crippen LogP contribution in [0.4, 0.5) is 0 Å². The summed E-state index contributed by atoms with van der Waals surface area (Å²) >= 11 is 5.73. The van der Waals surface area contributed by atoms with E-state index in [4.69, 9.17) is 16.9 Å². The quantitative estimate of drug-likeness (QED) is 0.623. The van der Waals surface area contributed by atoms with Gasteiger partial charge in [0.15, 0.2) is 5.78 Å². The van der Waals surface area contributed by atoms with E-state index in [9.17, 15) is 4.79 Å². The molecule has 1 heterocycles. The highest BCUT2D eigenvalue weighted by Gasteiger charge is 2.25. The van der Waals surface area contributed by atoms with E-state index in [1.165, 1.54) is 0 Å². The Morgan fingerprint density at radius 1 is 1.27 bits per heavy atom. The fourth-order valence-corrected chi connectivity index (χ4v) is 2.67. The van der Waals surface area contributed by atoms with Crippen molar-refractivity contribution in [1.82, 2.24) is 4.57 Å². The van der Waals surface area contributed by atoms with E-state index >= 15 is 0 Å². The normalized spacial score (nSPS) is 11.3. The lowest BCUT2D eigenvalue weighted by atomic mass is 9.91. The second kappa shape index (κ2) is 5.98. The number of carbonyl (C=O) groups is 1. The average Bonchev–Trinajstić information content (AvgIpc) is 2.84. The Balaban J connectivity index is 2.69. The number of hydrogen-bond donors (Lipinski definition) is 0. The molecular weight excluding hydrogens is 296 g/mol. The Labute approximate surface area is 136 Å². The molecule has 0 saturated carbocycles. The van der Waals surface area contributed by atoms with Crippen molar-refractivity contribution in [3.05, 3.63) is 52.8 Å². The third-order valence-electron chi connectivity index (χ3n) is 3.69. The van der Waals surface area contributed by atoms with Crippen LogP contribution in [0.25, 0.3) is 5.69 Å². The van der Waals surface area contributed by atoms with Gasteiger partial charge < -0.3 is 4.57 Å². The van der Waals surface area contributed by atoms with E-state index in [1.807, 2.05) is 25.1 Å². The largest absolute Gasteiger partial charge is 0.317 e. The number of benzene rings is 1. The zero-order valence-electron chi connectivity index (χ0n) is 13.3. The standard InChI is InChI=1S/C18H19ClN2O/c1-12-15(16(22)10-19)9-17(18(2,3)4)21(12)14-7-5-13(11-20)6-8-14/h5-9H,10H2,1-4H3. The van der Waals surface area contributed by atoms with Gasteiger partial charge in [0.2, 0.25) is 0 Å². The molecule has 0 radical (unpaired) electrons. The Hall–Kier alpha value is -2.05. The number of ketones is 1. The maximum atomic E-state index is 12.1. The maximum Gasteiger partial charge on any atom is 0.179 e. The van der Waals surface area contributed by atoms with E-state index in [0.717, 1.165) is 17.1 Å². The van der Waals surface area contributed by atoms with Crippen molar-refractivity contribution >= 4 is 17.4 Å². The van der Waals surface area contributed by atoms with Crippen molar-refractivity contribution in [3.63, 3.8) is 0 Å². The number of nitriles is 1. The molecule has 22 heavy (non-hydrogen) atoms. The minimum absolute atomic E-state index is 0.0260. The van der Waals surface area contributed by atoms with Gasteiger partial charge in [0.1, 0.15) is 0 Å². The maximum absolute atomic E-state index is 12.1. The summed E-state index contributed by atoms with van der Waals surface area (Å²) < 4.78 is 2.07. The van der Waals surface area contributed by atoms with Crippen LogP contribution in [0, 0.1) is 18.3 Å². The molecule has 0 atom stereocenters. The molecule has 4 heteroatoms. The molecule has 0 spiro atoms. The highest BCUT2D eigenvalue weighted by molar-refractivity contribution is 6.30. The molecule has 1 aromatic carbocycles. The molecule has 114 valence electrons. The van der Waals surface area contributed by atoms with E-state index in [0.29, 0.717) is 11.1 Å². The van der Waals surface area contributed by atoms with Crippen LogP contribution in [0.2, 0.25) is 0 Å². The number of aromatic nitrogens is 1. The van der Waals surface area contributed by atoms with Gasteiger partial charge in [-0.1, -0.05) is 20.8 Å². The minimum atomic E-state index is -0.122. The van der Waals surface area contributed by atoms with Gasteiger partial charge in [-0.25, -0.2) is 0 Å². The molecule has 2 rings (SSSR count). The van der Waals surface area contributed by atoms with Crippen molar-refractivity contribution in [3.8, 4) is 11.8 Å². The smallest absolute Gasteiger partial charge is 0.179 e. The summed E-state index contributed by atoms with van der Waals surface area (Å²) in [5.41, 5.74) is 4.01. The van der Waals surface area contributed by atoms with Crippen LogP contribution >= 0.6 is 11.6 Å². The lowest BCUT2D eigenvalue weighted by Crippen LogP contribution is -2.17. The van der Waals surface area contributed by atoms with Gasteiger partial charge in [0.05, 0.1) is 17.5 Å². The van der Waals surface area contributed by atoms with E-state index in [2.05, 4.69) is 31.4 Å². The number of carbonyl (C=O) groups excluding carboxylic acids is 1. The Morgan fingerprint density at radius 2 is 1.86 bits per heavy atom. The lowest BCUT2D eigenvalue weighted by molar-refractivity contribution is 0.102. The number of rotatable bonds is 3. The van der Waals surface area contributed by atoms with Crippen molar-refractivity contribution < 1.29 is 4.79 Å². The molecule has 0 saturated heterocycles. The van der Waals surface area contributed by atoms with Crippen molar-refractivity contribution in [1.29, 1.82) is 5.26 Å². The zero-order chi connectivity index (χ0) is 16.5. The third kappa shape index (κ3) is 2.93. The van der Waals surface area contributed by atoms with E-state index in [1.54, 1.807) is 12.1 Å². The Morgan fingerprint density at radius 3 is 2.32 bits per heavy atom. The molecule has 0 aliphatic heterocycles. The fourth-order valence-electron chi connectivity index (χ4n) is 2.53. The zero-order valence-corrected chi connectivity index (χ0v) is 14.0. The summed E-state index contributed by atoms with van der Waals surface area (Å²) in [6, 6.07) is 11.4. The van der Waals surface area contributed by atoms with Gasteiger partial charge in [0.25, 0.3) is 0 Å². The fraction of sp³-hybridized carbons (Fsp3) is 0.333. The number of hydrogen-bond acceptors (Lipinski definition) is 2. The number of nitrogens with zero attached hydrogens (tertiary/aromatic N) is 2. The van der Waals surface area contributed by atoms with Crippen LogP contribution in [-0.4, -0.2) is 16.2 Å². The van der Waals surface area contributed by atoms with Crippen LogP contribution in [0.15, 0.2) is 30.3 Å². The van der Waals surface area contributed by atoms with Gasteiger partial charge in [-0.15, -0.1) is 11.6 Å². The molecule has 1 aromatic heterocycles. The van der Waals surface area contributed by atoms with Crippen LogP contribution in [0.3, 0.4) is 0 Å². The third-order valence-corrected chi connectivity index (χ3v) is 3.93. The highest BCUT2D eigenvalue weighted by Crippen LogP contribution is 2.31. The molecule has 0 aliphatic carbocycles. The van der Waals surface area contributed by atoms with Crippen molar-refractivity contribution in [2.75, 3.05) is 5.88 Å². The summed E-state index contributed by atoms with van der Waals surface area (Å²) in [5.74, 6) is -0.0982. The molecular formula is C18H19ClN2O. The lowest BCUT2D eigenvalue weighted by Gasteiger charge is -2.22. The molecule has 0 bridgehead atoms. The Kier molecular flexibility index (Phi) is 4.44. The molecule has 0 unspecified atom stereocenters. The molecule has 0 fully saturated rings. The molecule has 0 amide bonds. The second-order valence-electron chi connectivity index (χ2n) is 6.33. The first-order valence-electron chi connectivity index (χ1n) is 7.12. The second-order valence-corrected chi connectivity index (χ2v) is 6.60. The molecule has 0 aliphatic rings. The predicted octanol–water partition coefficient (Wildman–Crippen LogP) is 4.38. The van der Waals surface area contributed by atoms with Crippen LogP contribution < -0.4 is 0 Å². The topological polar surface area (TPSA) is 45.8 Å². The van der Waals surface area contributed by atoms with Gasteiger partial charge in [0, 0.05) is 28.1 Å². The minimum Gasteiger partial charge on any atom is -0.317 e. The van der Waals surface area contributed by atoms with Gasteiger partial charge in [-0.05, 0) is 37.3 Å². The van der Waals surface area contributed by atoms with Gasteiger partial charge in [-0.3, -0.25) is 4.79 Å². The molecule has 3 nitrogen and oxygen atoms in total. The van der Waals surface area contributed by atoms with E-state index < -0.39 is 0 Å². The Bertz CT molecular complexity index is 743. The molecule has 0 N–H and O–H groups in total. The van der Waals surface area contributed by atoms with Crippen molar-refractivity contribution in [2.24, 2.45) is 0 Å². The average molecular weight is 315 g/mol. The van der Waals surface area contributed by atoms with Gasteiger partial charge in [-0.2, -0.15) is 5.26 Å². The van der Waals surface area contributed by atoms with Crippen molar-refractivity contribution in [2.45, 2.75) is 33.1 Å². The highest BCUT2D eigenvalue weighted by atomic mass is 35.5. The number of halogens is 1. The SMILES string of the molecule is Cc1c(C(=O)CCl)cc(C(C)(C)C)n1-c1ccc(C#N)cc1. The predicted molar refractivity (Wildman–Crippen MR) is 89.0 cm³/mol. The van der Waals surface area contributed by atoms with Crippen LogP contribution in [0.5, 0.6) is 0 Å². The number of alkyl halides is 1. The molecule has 2 aromatic rings. The first-order chi connectivity index (χ1) is 10.3. The monoisotopic (exact) mass is 314 g/mol. The first-order valence-corrected chi connectivity index (χ1v) is 7.65. The summed E-state index contributed by atoms with van der Waals surface area (Å²) in [6.45, 7) is 8.25. The number of Topliss-reactive ketones (excluding diaryl/α,β-unsaturated/α-hetero) is 1. The summed E-state index contributed by atoms with van der Waals surface area (Å²) in [5, 5.41) is 8.93. The van der Waals surface area contributed by atoms with E-state index in [-0.39, 0.29) is 17.1 Å².